The van der Waals surface area contributed by atoms with Crippen LogP contribution in [0.25, 0.3) is 0 Å². The van der Waals surface area contributed by atoms with Crippen LogP contribution in [0.2, 0.25) is 0 Å². The zero-order valence-electron chi connectivity index (χ0n) is 17.4. The summed E-state index contributed by atoms with van der Waals surface area (Å²) >= 11 is 0. The van der Waals surface area contributed by atoms with Crippen LogP contribution in [0.3, 0.4) is 0 Å². The monoisotopic (exact) mass is 376 g/mol. The van der Waals surface area contributed by atoms with E-state index in [1.54, 1.807) is 0 Å². The molecule has 4 nitrogen and oxygen atoms in total. The molecular formula is C23H40N2O2. The molecular weight excluding hydrogens is 336 g/mol. The second kappa shape index (κ2) is 6.68. The molecule has 4 saturated carbocycles. The minimum Gasteiger partial charge on any atom is -0.393 e. The van der Waals surface area contributed by atoms with Crippen molar-refractivity contribution in [1.29, 1.82) is 0 Å². The summed E-state index contributed by atoms with van der Waals surface area (Å²) in [5.41, 5.74) is 0.559. The van der Waals surface area contributed by atoms with Crippen LogP contribution in [-0.2, 0) is 0 Å². The largest absolute Gasteiger partial charge is 0.393 e. The SMILES string of the molecule is C[C@]12C[C@H](N3CCNCC3)[C@@H](O)CC1CCC1C2CC[C@@]2(C)C1CC[C@@H]2O. The summed E-state index contributed by atoms with van der Waals surface area (Å²) in [6.45, 7) is 9.27. The molecule has 4 heteroatoms. The van der Waals surface area contributed by atoms with E-state index in [0.29, 0.717) is 17.4 Å². The molecule has 0 amide bonds. The van der Waals surface area contributed by atoms with Gasteiger partial charge in [0.1, 0.15) is 0 Å². The molecule has 1 saturated heterocycles. The van der Waals surface area contributed by atoms with Crippen molar-refractivity contribution in [2.24, 2.45) is 34.5 Å². The Balaban J connectivity index is 1.40. The molecule has 1 aliphatic heterocycles. The predicted molar refractivity (Wildman–Crippen MR) is 107 cm³/mol. The lowest BCUT2D eigenvalue weighted by Gasteiger charge is -2.62. The average molecular weight is 377 g/mol. The Labute approximate surface area is 165 Å². The number of hydrogen-bond donors (Lipinski definition) is 3. The normalized spacial score (nSPS) is 56.2. The fourth-order valence-corrected chi connectivity index (χ4v) is 8.63. The number of nitrogens with one attached hydrogen (secondary N) is 1. The van der Waals surface area contributed by atoms with Crippen molar-refractivity contribution in [1.82, 2.24) is 10.2 Å². The standard InChI is InChI=1S/C23H40N2O2/c1-22-8-7-18-16(17(22)5-6-21(22)27)4-3-15-13-20(26)19(14-23(15,18)2)25-11-9-24-10-12-25/h15-21,24,26-27H,3-14H2,1-2H3/t15?,16?,17?,18?,19-,20-,21-,22-,23-/m0/s1. The third-order valence-corrected chi connectivity index (χ3v) is 10.3. The van der Waals surface area contributed by atoms with Gasteiger partial charge in [-0.1, -0.05) is 13.8 Å². The molecule has 0 aromatic rings. The van der Waals surface area contributed by atoms with Crippen LogP contribution >= 0.6 is 0 Å². The van der Waals surface area contributed by atoms with E-state index in [9.17, 15) is 10.2 Å². The van der Waals surface area contributed by atoms with Crippen LogP contribution in [0.1, 0.15) is 65.2 Å². The summed E-state index contributed by atoms with van der Waals surface area (Å²) in [5.74, 6) is 3.04. The maximum Gasteiger partial charge on any atom is 0.0698 e. The number of aliphatic hydroxyl groups is 2. The van der Waals surface area contributed by atoms with Crippen molar-refractivity contribution < 1.29 is 10.2 Å². The first kappa shape index (κ1) is 18.8. The molecule has 4 unspecified atom stereocenters. The zero-order chi connectivity index (χ0) is 18.8. The summed E-state index contributed by atoms with van der Waals surface area (Å²) in [5, 5.41) is 25.1. The minimum atomic E-state index is -0.139. The highest BCUT2D eigenvalue weighted by atomic mass is 16.3. The van der Waals surface area contributed by atoms with Crippen LogP contribution in [0, 0.1) is 34.5 Å². The average Bonchev–Trinajstić information content (AvgIpc) is 2.97. The Morgan fingerprint density at radius 3 is 2.41 bits per heavy atom. The van der Waals surface area contributed by atoms with E-state index >= 15 is 0 Å². The second-order valence-electron chi connectivity index (χ2n) is 11.2. The van der Waals surface area contributed by atoms with Gasteiger partial charge in [0.2, 0.25) is 0 Å². The Morgan fingerprint density at radius 1 is 0.889 bits per heavy atom. The van der Waals surface area contributed by atoms with E-state index in [4.69, 9.17) is 0 Å². The number of rotatable bonds is 1. The van der Waals surface area contributed by atoms with Gasteiger partial charge in [-0.15, -0.1) is 0 Å². The maximum absolute atomic E-state index is 11.0. The number of nitrogens with zero attached hydrogens (tertiary/aromatic N) is 1. The van der Waals surface area contributed by atoms with Crippen molar-refractivity contribution >= 4 is 0 Å². The van der Waals surface area contributed by atoms with Gasteiger partial charge in [0.15, 0.2) is 0 Å². The van der Waals surface area contributed by atoms with E-state index in [1.165, 1.54) is 38.5 Å². The van der Waals surface area contributed by atoms with Gasteiger partial charge in [0.25, 0.3) is 0 Å². The summed E-state index contributed by atoms with van der Waals surface area (Å²) in [6, 6.07) is 0.356. The number of hydrogen-bond acceptors (Lipinski definition) is 4. The molecule has 27 heavy (non-hydrogen) atoms. The third kappa shape index (κ3) is 2.77. The molecule has 0 aromatic heterocycles. The van der Waals surface area contributed by atoms with E-state index in [2.05, 4.69) is 24.1 Å². The van der Waals surface area contributed by atoms with Gasteiger partial charge in [0.05, 0.1) is 12.2 Å². The molecule has 5 aliphatic rings. The first-order valence-electron chi connectivity index (χ1n) is 11.7. The van der Waals surface area contributed by atoms with Crippen molar-refractivity contribution in [2.75, 3.05) is 26.2 Å². The second-order valence-corrected chi connectivity index (χ2v) is 11.2. The van der Waals surface area contributed by atoms with Crippen molar-refractivity contribution in [3.05, 3.63) is 0 Å². The van der Waals surface area contributed by atoms with E-state index in [0.717, 1.165) is 56.8 Å². The lowest BCUT2D eigenvalue weighted by atomic mass is 9.44. The van der Waals surface area contributed by atoms with Crippen LogP contribution in [0.15, 0.2) is 0 Å². The van der Waals surface area contributed by atoms with E-state index in [-0.39, 0.29) is 17.6 Å². The summed E-state index contributed by atoms with van der Waals surface area (Å²) in [4.78, 5) is 2.58. The summed E-state index contributed by atoms with van der Waals surface area (Å²) in [7, 11) is 0. The van der Waals surface area contributed by atoms with Crippen LogP contribution < -0.4 is 5.32 Å². The predicted octanol–water partition coefficient (Wildman–Crippen LogP) is 2.63. The number of aliphatic hydroxyl groups excluding tert-OH is 2. The van der Waals surface area contributed by atoms with Gasteiger partial charge in [-0.2, -0.15) is 0 Å². The lowest BCUT2D eigenvalue weighted by molar-refractivity contribution is -0.153. The maximum atomic E-state index is 11.0. The van der Waals surface area contributed by atoms with Gasteiger partial charge >= 0.3 is 0 Å². The van der Waals surface area contributed by atoms with Gasteiger partial charge in [-0.25, -0.2) is 0 Å². The Bertz CT molecular complexity index is 565. The van der Waals surface area contributed by atoms with E-state index in [1.807, 2.05) is 0 Å². The molecule has 1 heterocycles. The summed E-state index contributed by atoms with van der Waals surface area (Å²) < 4.78 is 0. The molecule has 0 spiro atoms. The van der Waals surface area contributed by atoms with Crippen LogP contribution in [0.5, 0.6) is 0 Å². The zero-order valence-corrected chi connectivity index (χ0v) is 17.4. The number of piperazine rings is 1. The molecule has 0 radical (unpaired) electrons. The third-order valence-electron chi connectivity index (χ3n) is 10.3. The summed E-state index contributed by atoms with van der Waals surface area (Å²) in [6.07, 6.45) is 9.39. The first-order chi connectivity index (χ1) is 12.9. The highest BCUT2D eigenvalue weighted by Crippen LogP contribution is 2.66. The molecule has 0 bridgehead atoms. The smallest absolute Gasteiger partial charge is 0.0698 e. The molecule has 5 rings (SSSR count). The fraction of sp³-hybridized carbons (Fsp3) is 1.00. The van der Waals surface area contributed by atoms with Crippen LogP contribution in [0.4, 0.5) is 0 Å². The van der Waals surface area contributed by atoms with Crippen molar-refractivity contribution in [3.63, 3.8) is 0 Å². The van der Waals surface area contributed by atoms with Gasteiger partial charge in [0, 0.05) is 32.2 Å². The molecule has 3 N–H and O–H groups in total. The highest BCUT2D eigenvalue weighted by molar-refractivity contribution is 5.11. The van der Waals surface area contributed by atoms with E-state index < -0.39 is 0 Å². The first-order valence-corrected chi connectivity index (χ1v) is 11.7. The molecule has 5 fully saturated rings. The molecule has 9 atom stereocenters. The molecule has 154 valence electrons. The quantitative estimate of drug-likeness (QED) is 0.659. The highest BCUT2D eigenvalue weighted by Gasteiger charge is 2.61. The molecule has 0 aromatic carbocycles. The topological polar surface area (TPSA) is 55.7 Å². The number of fused-ring (bicyclic) bond motifs is 5. The Morgan fingerprint density at radius 2 is 1.63 bits per heavy atom. The Kier molecular flexibility index (Phi) is 4.66. The van der Waals surface area contributed by atoms with Crippen molar-refractivity contribution in [3.8, 4) is 0 Å². The van der Waals surface area contributed by atoms with Gasteiger partial charge < -0.3 is 15.5 Å². The van der Waals surface area contributed by atoms with Crippen molar-refractivity contribution in [2.45, 2.75) is 83.5 Å². The van der Waals surface area contributed by atoms with Gasteiger partial charge in [-0.05, 0) is 85.9 Å². The van der Waals surface area contributed by atoms with Crippen LogP contribution in [-0.4, -0.2) is 59.5 Å². The lowest BCUT2D eigenvalue weighted by Crippen LogP contribution is -2.61. The fourth-order valence-electron chi connectivity index (χ4n) is 8.63. The molecule has 4 aliphatic carbocycles. The Hall–Kier alpha value is -0.160. The minimum absolute atomic E-state index is 0.0734. The van der Waals surface area contributed by atoms with Gasteiger partial charge in [-0.3, -0.25) is 4.90 Å².